The molecule has 0 spiro atoms. The van der Waals surface area contributed by atoms with Gasteiger partial charge in [-0.05, 0) is 61.9 Å². The fourth-order valence-corrected chi connectivity index (χ4v) is 5.46. The number of thiophene rings is 1. The Morgan fingerprint density at radius 1 is 1.12 bits per heavy atom. The highest BCUT2D eigenvalue weighted by Crippen LogP contribution is 2.33. The van der Waals surface area contributed by atoms with E-state index >= 15 is 0 Å². The standard InChI is InChI=1S/C21H19ClFN3O4S2/c1-11-12(2)31-21(18(11)19(24)27)25-20(28)16-10-15(8-9-17(16)22)32(29,30)26(3)14-6-4-13(23)5-7-14/h4-10H,1-3H3,(H2,24,27)(H,25,28). The lowest BCUT2D eigenvalue weighted by Crippen LogP contribution is -2.27. The average molecular weight is 496 g/mol. The van der Waals surface area contributed by atoms with Gasteiger partial charge >= 0.3 is 0 Å². The van der Waals surface area contributed by atoms with Gasteiger partial charge in [-0.25, -0.2) is 12.8 Å². The molecule has 2 amide bonds. The number of rotatable bonds is 6. The molecule has 3 rings (SSSR count). The summed E-state index contributed by atoms with van der Waals surface area (Å²) in [6.45, 7) is 3.50. The number of anilines is 2. The molecule has 3 N–H and O–H groups in total. The predicted molar refractivity (Wildman–Crippen MR) is 124 cm³/mol. The van der Waals surface area contributed by atoms with E-state index in [1.54, 1.807) is 13.8 Å². The first kappa shape index (κ1) is 23.7. The van der Waals surface area contributed by atoms with Gasteiger partial charge in [0.25, 0.3) is 21.8 Å². The molecule has 0 aliphatic heterocycles. The van der Waals surface area contributed by atoms with Gasteiger partial charge in [0.15, 0.2) is 0 Å². The number of sulfonamides is 1. The quantitative estimate of drug-likeness (QED) is 0.530. The molecule has 1 aromatic heterocycles. The van der Waals surface area contributed by atoms with Gasteiger partial charge in [0.05, 0.1) is 26.7 Å². The van der Waals surface area contributed by atoms with Crippen LogP contribution in [0.25, 0.3) is 0 Å². The maximum Gasteiger partial charge on any atom is 0.264 e. The first-order valence-electron chi connectivity index (χ1n) is 9.18. The molecule has 0 atom stereocenters. The molecule has 0 saturated carbocycles. The molecule has 1 heterocycles. The van der Waals surface area contributed by atoms with Crippen molar-refractivity contribution in [1.29, 1.82) is 0 Å². The number of nitrogens with two attached hydrogens (primary N) is 1. The van der Waals surface area contributed by atoms with Gasteiger partial charge in [0.2, 0.25) is 0 Å². The average Bonchev–Trinajstić information content (AvgIpc) is 3.01. The molecule has 0 aliphatic carbocycles. The Labute approximate surface area is 193 Å². The van der Waals surface area contributed by atoms with Crippen LogP contribution < -0.4 is 15.4 Å². The van der Waals surface area contributed by atoms with Gasteiger partial charge in [-0.3, -0.25) is 13.9 Å². The van der Waals surface area contributed by atoms with Crippen LogP contribution in [0.1, 0.15) is 31.2 Å². The van der Waals surface area contributed by atoms with E-state index in [1.807, 2.05) is 0 Å². The van der Waals surface area contributed by atoms with E-state index in [2.05, 4.69) is 5.32 Å². The molecule has 168 valence electrons. The third-order valence-corrected chi connectivity index (χ3v) is 8.12. The molecule has 7 nitrogen and oxygen atoms in total. The molecular weight excluding hydrogens is 477 g/mol. The summed E-state index contributed by atoms with van der Waals surface area (Å²) in [5.74, 6) is -1.88. The zero-order chi connectivity index (χ0) is 23.8. The number of nitrogens with zero attached hydrogens (tertiary/aromatic N) is 1. The second-order valence-corrected chi connectivity index (χ2v) is 10.5. The molecule has 2 aromatic carbocycles. The minimum Gasteiger partial charge on any atom is -0.365 e. The van der Waals surface area contributed by atoms with E-state index in [9.17, 15) is 22.4 Å². The lowest BCUT2D eigenvalue weighted by Gasteiger charge is -2.20. The minimum atomic E-state index is -4.07. The van der Waals surface area contributed by atoms with Crippen molar-refractivity contribution in [3.63, 3.8) is 0 Å². The Bertz CT molecular complexity index is 1320. The van der Waals surface area contributed by atoms with Gasteiger partial charge in [-0.1, -0.05) is 11.6 Å². The highest BCUT2D eigenvalue weighted by Gasteiger charge is 2.25. The van der Waals surface area contributed by atoms with E-state index in [0.29, 0.717) is 5.56 Å². The molecule has 0 aliphatic rings. The third-order valence-electron chi connectivity index (χ3n) is 4.89. The van der Waals surface area contributed by atoms with E-state index in [0.717, 1.165) is 27.4 Å². The summed E-state index contributed by atoms with van der Waals surface area (Å²) in [5, 5.41) is 2.88. The molecule has 0 saturated heterocycles. The van der Waals surface area contributed by atoms with Crippen LogP contribution in [0, 0.1) is 19.7 Å². The van der Waals surface area contributed by atoms with Crippen molar-refractivity contribution in [2.75, 3.05) is 16.7 Å². The van der Waals surface area contributed by atoms with Crippen LogP contribution in [0.2, 0.25) is 5.02 Å². The zero-order valence-corrected chi connectivity index (χ0v) is 19.7. The van der Waals surface area contributed by atoms with E-state index < -0.39 is 27.7 Å². The summed E-state index contributed by atoms with van der Waals surface area (Å²) in [6, 6.07) is 8.63. The Kier molecular flexibility index (Phi) is 6.59. The number of primary amides is 1. The molecule has 0 fully saturated rings. The van der Waals surface area contributed by atoms with Crippen molar-refractivity contribution < 1.29 is 22.4 Å². The topological polar surface area (TPSA) is 110 Å². The number of carbonyl (C=O) groups is 2. The SMILES string of the molecule is Cc1sc(NC(=O)c2cc(S(=O)(=O)N(C)c3ccc(F)cc3)ccc2Cl)c(C(N)=O)c1C. The van der Waals surface area contributed by atoms with Crippen LogP contribution in [0.15, 0.2) is 47.4 Å². The van der Waals surface area contributed by atoms with Crippen molar-refractivity contribution in [2.24, 2.45) is 5.73 Å². The van der Waals surface area contributed by atoms with Gasteiger partial charge < -0.3 is 11.1 Å². The van der Waals surface area contributed by atoms with Gasteiger partial charge in [0, 0.05) is 11.9 Å². The molecule has 32 heavy (non-hydrogen) atoms. The number of nitrogens with one attached hydrogen (secondary N) is 1. The van der Waals surface area contributed by atoms with Crippen LogP contribution in [0.4, 0.5) is 15.1 Å². The van der Waals surface area contributed by atoms with Crippen LogP contribution in [-0.4, -0.2) is 27.3 Å². The summed E-state index contributed by atoms with van der Waals surface area (Å²) in [4.78, 5) is 25.3. The van der Waals surface area contributed by atoms with E-state index in [1.165, 1.54) is 42.6 Å². The van der Waals surface area contributed by atoms with Crippen molar-refractivity contribution >= 4 is 55.5 Å². The number of carbonyl (C=O) groups excluding carboxylic acids is 2. The molecule has 0 radical (unpaired) electrons. The summed E-state index contributed by atoms with van der Waals surface area (Å²) < 4.78 is 40.3. The molecule has 0 bridgehead atoms. The molecule has 0 unspecified atom stereocenters. The first-order valence-corrected chi connectivity index (χ1v) is 11.8. The van der Waals surface area contributed by atoms with Crippen molar-refractivity contribution in [1.82, 2.24) is 0 Å². The van der Waals surface area contributed by atoms with Gasteiger partial charge in [-0.15, -0.1) is 11.3 Å². The number of hydrogen-bond donors (Lipinski definition) is 2. The molecular formula is C21H19ClFN3O4S2. The second-order valence-electron chi connectivity index (χ2n) is 6.90. The maximum absolute atomic E-state index is 13.2. The van der Waals surface area contributed by atoms with E-state index in [4.69, 9.17) is 17.3 Å². The van der Waals surface area contributed by atoms with Crippen LogP contribution in [0.5, 0.6) is 0 Å². The lowest BCUT2D eigenvalue weighted by molar-refractivity contribution is 0.100. The summed E-state index contributed by atoms with van der Waals surface area (Å²) >= 11 is 7.34. The smallest absolute Gasteiger partial charge is 0.264 e. The van der Waals surface area contributed by atoms with E-state index in [-0.39, 0.29) is 31.7 Å². The van der Waals surface area contributed by atoms with Crippen LogP contribution in [0.3, 0.4) is 0 Å². The highest BCUT2D eigenvalue weighted by molar-refractivity contribution is 7.92. The summed E-state index contributed by atoms with van der Waals surface area (Å²) in [7, 11) is -2.76. The number of aryl methyl sites for hydroxylation is 1. The summed E-state index contributed by atoms with van der Waals surface area (Å²) in [6.07, 6.45) is 0. The summed E-state index contributed by atoms with van der Waals surface area (Å²) in [5.41, 5.74) is 6.42. The first-order chi connectivity index (χ1) is 14.9. The highest BCUT2D eigenvalue weighted by atomic mass is 35.5. The number of halogens is 2. The van der Waals surface area contributed by atoms with Crippen LogP contribution >= 0.6 is 22.9 Å². The van der Waals surface area contributed by atoms with Crippen molar-refractivity contribution in [3.05, 3.63) is 74.9 Å². The van der Waals surface area contributed by atoms with Gasteiger partial charge in [-0.2, -0.15) is 0 Å². The molecule has 3 aromatic rings. The Hall–Kier alpha value is -2.95. The molecule has 11 heteroatoms. The number of amides is 2. The third kappa shape index (κ3) is 4.47. The fraction of sp³-hybridized carbons (Fsp3) is 0.143. The minimum absolute atomic E-state index is 0.0245. The van der Waals surface area contributed by atoms with Crippen molar-refractivity contribution in [3.8, 4) is 0 Å². The normalized spacial score (nSPS) is 11.3. The maximum atomic E-state index is 13.2. The predicted octanol–water partition coefficient (Wildman–Crippen LogP) is 4.33. The fourth-order valence-electron chi connectivity index (χ4n) is 2.97. The number of hydrogen-bond acceptors (Lipinski definition) is 5. The largest absolute Gasteiger partial charge is 0.365 e. The Balaban J connectivity index is 1.97. The zero-order valence-electron chi connectivity index (χ0n) is 17.3. The Morgan fingerprint density at radius 2 is 1.75 bits per heavy atom. The second kappa shape index (κ2) is 8.89. The monoisotopic (exact) mass is 495 g/mol. The lowest BCUT2D eigenvalue weighted by atomic mass is 10.1. The van der Waals surface area contributed by atoms with Crippen LogP contribution in [-0.2, 0) is 10.0 Å². The number of benzene rings is 2. The van der Waals surface area contributed by atoms with Crippen molar-refractivity contribution in [2.45, 2.75) is 18.7 Å². The Morgan fingerprint density at radius 3 is 2.34 bits per heavy atom. The van der Waals surface area contributed by atoms with Gasteiger partial charge in [0.1, 0.15) is 10.8 Å².